The van der Waals surface area contributed by atoms with E-state index in [0.717, 1.165) is 21.9 Å². The van der Waals surface area contributed by atoms with Crippen LogP contribution in [-0.4, -0.2) is 18.4 Å². The first kappa shape index (κ1) is 14.4. The molecule has 21 heavy (non-hydrogen) atoms. The van der Waals surface area contributed by atoms with Gasteiger partial charge in [-0.1, -0.05) is 47.2 Å². The van der Waals surface area contributed by atoms with Crippen LogP contribution in [0.25, 0.3) is 0 Å². The molecular weight excluding hydrogens is 302 g/mol. The van der Waals surface area contributed by atoms with Gasteiger partial charge in [-0.3, -0.25) is 0 Å². The lowest BCUT2D eigenvalue weighted by molar-refractivity contribution is 0.105. The van der Waals surface area contributed by atoms with Gasteiger partial charge in [0, 0.05) is 11.1 Å². The molecule has 0 saturated heterocycles. The average molecular weight is 317 g/mol. The second kappa shape index (κ2) is 6.03. The van der Waals surface area contributed by atoms with Crippen molar-refractivity contribution in [1.82, 2.24) is 0 Å². The predicted octanol–water partition coefficient (Wildman–Crippen LogP) is 4.29. The van der Waals surface area contributed by atoms with Gasteiger partial charge >= 0.3 is 0 Å². The Morgan fingerprint density at radius 1 is 1.10 bits per heavy atom. The summed E-state index contributed by atoms with van der Waals surface area (Å²) in [5.41, 5.74) is 2.14. The molecule has 1 unspecified atom stereocenters. The van der Waals surface area contributed by atoms with Crippen LogP contribution in [0.2, 0.25) is 0 Å². The van der Waals surface area contributed by atoms with Crippen molar-refractivity contribution in [3.8, 4) is 5.75 Å². The molecule has 3 nitrogen and oxygen atoms in total. The Kier molecular flexibility index (Phi) is 4.12. The molecule has 2 aromatic carbocycles. The summed E-state index contributed by atoms with van der Waals surface area (Å²) < 4.78 is 4.68. The van der Waals surface area contributed by atoms with Crippen LogP contribution in [0.5, 0.6) is 5.75 Å². The number of ether oxygens (including phenoxy) is 1. The lowest BCUT2D eigenvalue weighted by Gasteiger charge is -2.23. The molecule has 0 N–H and O–H groups in total. The van der Waals surface area contributed by atoms with Gasteiger partial charge in [0.2, 0.25) is 0 Å². The van der Waals surface area contributed by atoms with E-state index in [4.69, 9.17) is 9.57 Å². The number of benzene rings is 2. The molecule has 0 amide bonds. The lowest BCUT2D eigenvalue weighted by atomic mass is 10.2. The van der Waals surface area contributed by atoms with E-state index < -0.39 is 4.27 Å². The summed E-state index contributed by atoms with van der Waals surface area (Å²) in [6.45, 7) is 0. The molecule has 0 radical (unpaired) electrons. The molecular formula is C16H15NO2S2. The Morgan fingerprint density at radius 2 is 1.81 bits per heavy atom. The monoisotopic (exact) mass is 317 g/mol. The molecule has 0 spiro atoms. The van der Waals surface area contributed by atoms with Gasteiger partial charge in [-0.05, 0) is 42.3 Å². The molecule has 1 heterocycles. The van der Waals surface area contributed by atoms with Gasteiger partial charge in [0.25, 0.3) is 4.27 Å². The van der Waals surface area contributed by atoms with Crippen molar-refractivity contribution in [3.63, 3.8) is 0 Å². The lowest BCUT2D eigenvalue weighted by Crippen LogP contribution is -2.16. The fourth-order valence-corrected chi connectivity index (χ4v) is 4.03. The fraction of sp³-hybridized carbons (Fsp3) is 0.188. The molecule has 3 rings (SSSR count). The maximum Gasteiger partial charge on any atom is 0.259 e. The van der Waals surface area contributed by atoms with E-state index in [0.29, 0.717) is 0 Å². The van der Waals surface area contributed by atoms with Crippen LogP contribution < -0.4 is 4.74 Å². The van der Waals surface area contributed by atoms with E-state index >= 15 is 0 Å². The highest BCUT2D eigenvalue weighted by molar-refractivity contribution is 8.25. The Hall–Kier alpha value is -1.59. The van der Waals surface area contributed by atoms with E-state index in [9.17, 15) is 0 Å². The maximum atomic E-state index is 5.79. The number of nitrogens with zero attached hydrogens (tertiary/aromatic N) is 1. The van der Waals surface area contributed by atoms with Gasteiger partial charge in [-0.15, -0.1) is 0 Å². The summed E-state index contributed by atoms with van der Waals surface area (Å²) in [4.78, 5) is 5.79. The van der Waals surface area contributed by atoms with Crippen molar-refractivity contribution < 1.29 is 9.57 Å². The fourth-order valence-electron chi connectivity index (χ4n) is 2.06. The minimum atomic E-state index is -0.530. The summed E-state index contributed by atoms with van der Waals surface area (Å²) in [5.74, 6) is 0.835. The van der Waals surface area contributed by atoms with Crippen molar-refractivity contribution in [3.05, 3.63) is 65.7 Å². The molecule has 0 aliphatic carbocycles. The second-order valence-electron chi connectivity index (χ2n) is 4.44. The standard InChI is InChI=1S/C16H15NO2S2/c1-18-14-10-8-13(9-11-14)16(20-2)19-17-15(21-16)12-6-4-3-5-7-12/h3-11H,1-2H3. The average Bonchev–Trinajstić information content (AvgIpc) is 3.02. The Balaban J connectivity index is 1.87. The van der Waals surface area contributed by atoms with Crippen LogP contribution in [0.15, 0.2) is 59.8 Å². The first-order valence-corrected chi connectivity index (χ1v) is 8.52. The highest BCUT2D eigenvalue weighted by Gasteiger charge is 2.42. The molecule has 108 valence electrons. The number of thioether (sulfide) groups is 2. The minimum absolute atomic E-state index is 0.530. The molecule has 1 aliphatic rings. The van der Waals surface area contributed by atoms with Crippen LogP contribution in [0.4, 0.5) is 0 Å². The van der Waals surface area contributed by atoms with Crippen LogP contribution >= 0.6 is 23.5 Å². The zero-order valence-electron chi connectivity index (χ0n) is 11.8. The minimum Gasteiger partial charge on any atom is -0.497 e. The van der Waals surface area contributed by atoms with Crippen molar-refractivity contribution in [1.29, 1.82) is 0 Å². The number of hydrogen-bond acceptors (Lipinski definition) is 5. The maximum absolute atomic E-state index is 5.79. The van der Waals surface area contributed by atoms with Gasteiger partial charge in [0.05, 0.1) is 7.11 Å². The number of methoxy groups -OCH3 is 1. The van der Waals surface area contributed by atoms with Gasteiger partial charge in [0.1, 0.15) is 10.8 Å². The largest absolute Gasteiger partial charge is 0.497 e. The van der Waals surface area contributed by atoms with Crippen LogP contribution in [0.3, 0.4) is 0 Å². The number of rotatable bonds is 4. The second-order valence-corrected chi connectivity index (χ2v) is 6.85. The third kappa shape index (κ3) is 2.76. The molecule has 5 heteroatoms. The molecule has 0 aromatic heterocycles. The topological polar surface area (TPSA) is 30.8 Å². The zero-order chi connectivity index (χ0) is 14.7. The van der Waals surface area contributed by atoms with E-state index in [-0.39, 0.29) is 0 Å². The highest BCUT2D eigenvalue weighted by atomic mass is 32.2. The van der Waals surface area contributed by atoms with E-state index in [1.165, 1.54) is 0 Å². The van der Waals surface area contributed by atoms with Crippen LogP contribution in [0.1, 0.15) is 11.1 Å². The van der Waals surface area contributed by atoms with Crippen molar-refractivity contribution in [2.75, 3.05) is 13.4 Å². The van der Waals surface area contributed by atoms with Crippen molar-refractivity contribution >= 4 is 28.6 Å². The smallest absolute Gasteiger partial charge is 0.259 e. The van der Waals surface area contributed by atoms with Crippen LogP contribution in [-0.2, 0) is 9.10 Å². The molecule has 0 bridgehead atoms. The molecule has 2 aromatic rings. The first-order chi connectivity index (χ1) is 10.3. The normalized spacial score (nSPS) is 20.8. The van der Waals surface area contributed by atoms with Gasteiger partial charge in [-0.2, -0.15) is 0 Å². The first-order valence-electron chi connectivity index (χ1n) is 6.48. The van der Waals surface area contributed by atoms with Gasteiger partial charge < -0.3 is 9.57 Å². The summed E-state index contributed by atoms with van der Waals surface area (Å²) in [5, 5.41) is 5.18. The van der Waals surface area contributed by atoms with Crippen molar-refractivity contribution in [2.24, 2.45) is 5.16 Å². The Bertz CT molecular complexity index is 643. The number of oxime groups is 1. The summed E-state index contributed by atoms with van der Waals surface area (Å²) in [7, 11) is 1.66. The zero-order valence-corrected chi connectivity index (χ0v) is 13.4. The molecule has 1 atom stereocenters. The van der Waals surface area contributed by atoms with Gasteiger partial charge in [-0.25, -0.2) is 0 Å². The summed E-state index contributed by atoms with van der Waals surface area (Å²) in [6, 6.07) is 18.0. The molecule has 0 saturated carbocycles. The Morgan fingerprint density at radius 3 is 2.43 bits per heavy atom. The Labute approximate surface area is 132 Å². The van der Waals surface area contributed by atoms with E-state index in [1.54, 1.807) is 30.6 Å². The van der Waals surface area contributed by atoms with Crippen LogP contribution in [0, 0.1) is 0 Å². The predicted molar refractivity (Wildman–Crippen MR) is 89.8 cm³/mol. The summed E-state index contributed by atoms with van der Waals surface area (Å²) in [6.07, 6.45) is 2.03. The SMILES string of the molecule is COc1ccc(C2(SC)ON=C(c3ccccc3)S2)cc1. The van der Waals surface area contributed by atoms with E-state index in [2.05, 4.69) is 5.16 Å². The third-order valence-corrected chi connectivity index (χ3v) is 5.89. The summed E-state index contributed by atoms with van der Waals surface area (Å²) >= 11 is 3.26. The quantitative estimate of drug-likeness (QED) is 0.841. The van der Waals surface area contributed by atoms with Gasteiger partial charge in [0.15, 0.2) is 0 Å². The molecule has 1 aliphatic heterocycles. The van der Waals surface area contributed by atoms with E-state index in [1.807, 2.05) is 60.9 Å². The third-order valence-electron chi connectivity index (χ3n) is 3.21. The molecule has 0 fully saturated rings. The van der Waals surface area contributed by atoms with Crippen molar-refractivity contribution in [2.45, 2.75) is 4.27 Å². The highest BCUT2D eigenvalue weighted by Crippen LogP contribution is 2.52. The number of hydrogen-bond donors (Lipinski definition) is 0.